The molecule has 2 aromatic carbocycles. The molecule has 0 spiro atoms. The second kappa shape index (κ2) is 8.19. The summed E-state index contributed by atoms with van der Waals surface area (Å²) in [6, 6.07) is 18.4. The lowest BCUT2D eigenvalue weighted by Crippen LogP contribution is -2.03. The maximum absolute atomic E-state index is 2.33. The molecule has 1 unspecified atom stereocenters. The molecule has 0 bridgehead atoms. The molecule has 0 aromatic heterocycles. The van der Waals surface area contributed by atoms with Crippen LogP contribution in [-0.4, -0.2) is 9.52 Å². The second-order valence-electron chi connectivity index (χ2n) is 5.66. The first-order chi connectivity index (χ1) is 10.3. The van der Waals surface area contributed by atoms with Gasteiger partial charge >= 0.3 is 0 Å². The topological polar surface area (TPSA) is 0 Å². The molecule has 0 saturated carbocycles. The van der Waals surface area contributed by atoms with Crippen molar-refractivity contribution < 1.29 is 0 Å². The van der Waals surface area contributed by atoms with E-state index < -0.39 is 0 Å². The molecule has 0 aliphatic heterocycles. The summed E-state index contributed by atoms with van der Waals surface area (Å²) in [6.07, 6.45) is 4.64. The predicted molar refractivity (Wildman–Crippen MR) is 94.3 cm³/mol. The van der Waals surface area contributed by atoms with Gasteiger partial charge in [0.2, 0.25) is 0 Å². The predicted octanol–water partition coefficient (Wildman–Crippen LogP) is 5.24. The minimum atomic E-state index is 0.751. The quantitative estimate of drug-likeness (QED) is 0.613. The molecular formula is C20H26Si. The molecule has 0 saturated heterocycles. The van der Waals surface area contributed by atoms with E-state index in [1.54, 1.807) is 0 Å². The summed E-state index contributed by atoms with van der Waals surface area (Å²) in [5, 5.41) is 0. The number of hydrogen-bond donors (Lipinski definition) is 0. The second-order valence-corrected chi connectivity index (χ2v) is 6.94. The first kappa shape index (κ1) is 16.0. The highest BCUT2D eigenvalue weighted by Gasteiger charge is 2.06. The number of benzene rings is 2. The van der Waals surface area contributed by atoms with Crippen LogP contribution in [0.15, 0.2) is 48.5 Å². The van der Waals surface area contributed by atoms with E-state index in [9.17, 15) is 0 Å². The lowest BCUT2D eigenvalue weighted by molar-refractivity contribution is 0.869. The Bertz CT molecular complexity index is 521. The highest BCUT2D eigenvalue weighted by molar-refractivity contribution is 6.35. The fourth-order valence-corrected chi connectivity index (χ4v) is 3.69. The molecule has 21 heavy (non-hydrogen) atoms. The van der Waals surface area contributed by atoms with Crippen molar-refractivity contribution in [1.82, 2.24) is 0 Å². The Hall–Kier alpha value is -1.34. The molecule has 0 amide bonds. The van der Waals surface area contributed by atoms with Crippen molar-refractivity contribution in [1.29, 1.82) is 0 Å². The summed E-state index contributed by atoms with van der Waals surface area (Å²) in [5.41, 5.74) is 6.58. The fourth-order valence-electron chi connectivity index (χ4n) is 2.75. The van der Waals surface area contributed by atoms with Gasteiger partial charge in [-0.3, -0.25) is 0 Å². The van der Waals surface area contributed by atoms with Crippen LogP contribution in [0.1, 0.15) is 48.1 Å². The SMILES string of the molecule is CCc1ccc(CCc2ccc(C(CC)[Si]C)cc2)cc1. The van der Waals surface area contributed by atoms with Gasteiger partial charge in [-0.15, -0.1) is 0 Å². The summed E-state index contributed by atoms with van der Waals surface area (Å²) >= 11 is 0. The number of aryl methyl sites for hydroxylation is 3. The largest absolute Gasteiger partial charge is 0.0728 e. The molecule has 2 aromatic rings. The highest BCUT2D eigenvalue weighted by Crippen LogP contribution is 2.19. The Morgan fingerprint density at radius 3 is 1.67 bits per heavy atom. The lowest BCUT2D eigenvalue weighted by atomic mass is 10.0. The summed E-state index contributed by atoms with van der Waals surface area (Å²) in [4.78, 5) is 0. The monoisotopic (exact) mass is 294 g/mol. The smallest absolute Gasteiger partial charge is 0.0438 e. The fraction of sp³-hybridized carbons (Fsp3) is 0.400. The minimum Gasteiger partial charge on any atom is -0.0728 e. The standard InChI is InChI=1S/C20H26Si/c1-4-16-6-8-17(9-7-16)10-11-18-12-14-19(15-13-18)20(5-2)21-3/h6-9,12-15,20H,4-5,10-11H2,1-3H3. The van der Waals surface area contributed by atoms with Gasteiger partial charge in [0.05, 0.1) is 0 Å². The zero-order valence-corrected chi connectivity index (χ0v) is 14.5. The lowest BCUT2D eigenvalue weighted by Gasteiger charge is -2.12. The van der Waals surface area contributed by atoms with Crippen LogP contribution in [0.5, 0.6) is 0 Å². The third kappa shape index (κ3) is 4.57. The van der Waals surface area contributed by atoms with Crippen molar-refractivity contribution in [3.8, 4) is 0 Å². The van der Waals surface area contributed by atoms with Gasteiger partial charge < -0.3 is 0 Å². The summed E-state index contributed by atoms with van der Waals surface area (Å²) in [6.45, 7) is 6.80. The van der Waals surface area contributed by atoms with Crippen molar-refractivity contribution in [3.63, 3.8) is 0 Å². The third-order valence-electron chi connectivity index (χ3n) is 4.27. The molecule has 2 radical (unpaired) electrons. The van der Waals surface area contributed by atoms with Crippen LogP contribution in [0.3, 0.4) is 0 Å². The van der Waals surface area contributed by atoms with Gasteiger partial charge in [-0.05, 0) is 47.1 Å². The molecular weight excluding hydrogens is 268 g/mol. The van der Waals surface area contributed by atoms with E-state index in [0.717, 1.165) is 34.3 Å². The molecule has 1 atom stereocenters. The van der Waals surface area contributed by atoms with Gasteiger partial charge in [0, 0.05) is 9.52 Å². The summed E-state index contributed by atoms with van der Waals surface area (Å²) in [7, 11) is 1.00. The van der Waals surface area contributed by atoms with Gasteiger partial charge in [0.25, 0.3) is 0 Å². The molecule has 0 heterocycles. The Balaban J connectivity index is 1.93. The zero-order valence-electron chi connectivity index (χ0n) is 13.5. The molecule has 0 aliphatic carbocycles. The van der Waals surface area contributed by atoms with Gasteiger partial charge in [0.15, 0.2) is 0 Å². The molecule has 0 fully saturated rings. The van der Waals surface area contributed by atoms with Gasteiger partial charge in [-0.2, -0.15) is 0 Å². The van der Waals surface area contributed by atoms with Crippen LogP contribution < -0.4 is 0 Å². The molecule has 1 heteroatoms. The van der Waals surface area contributed by atoms with Crippen molar-refractivity contribution in [2.75, 3.05) is 0 Å². The van der Waals surface area contributed by atoms with Crippen LogP contribution in [0.25, 0.3) is 0 Å². The first-order valence-corrected chi connectivity index (χ1v) is 9.68. The van der Waals surface area contributed by atoms with E-state index >= 15 is 0 Å². The van der Waals surface area contributed by atoms with E-state index in [2.05, 4.69) is 68.9 Å². The molecule has 110 valence electrons. The number of hydrogen-bond acceptors (Lipinski definition) is 0. The van der Waals surface area contributed by atoms with Crippen LogP contribution in [0.4, 0.5) is 0 Å². The Labute approximate surface area is 132 Å². The average molecular weight is 295 g/mol. The Kier molecular flexibility index (Phi) is 6.25. The van der Waals surface area contributed by atoms with Crippen molar-refractivity contribution >= 4 is 9.52 Å². The van der Waals surface area contributed by atoms with Gasteiger partial charge in [-0.1, -0.05) is 75.3 Å². The van der Waals surface area contributed by atoms with Crippen molar-refractivity contribution in [2.45, 2.75) is 51.6 Å². The maximum Gasteiger partial charge on any atom is 0.0438 e. The summed E-state index contributed by atoms with van der Waals surface area (Å²) in [5.74, 6) is 0. The Morgan fingerprint density at radius 2 is 1.24 bits per heavy atom. The highest BCUT2D eigenvalue weighted by atomic mass is 28.2. The molecule has 0 N–H and O–H groups in total. The van der Waals surface area contributed by atoms with Crippen LogP contribution in [-0.2, 0) is 19.3 Å². The normalized spacial score (nSPS) is 12.3. The van der Waals surface area contributed by atoms with E-state index in [1.165, 1.54) is 28.7 Å². The Morgan fingerprint density at radius 1 is 0.762 bits per heavy atom. The van der Waals surface area contributed by atoms with Crippen LogP contribution in [0.2, 0.25) is 6.55 Å². The average Bonchev–Trinajstić information content (AvgIpc) is 2.55. The maximum atomic E-state index is 2.33. The van der Waals surface area contributed by atoms with E-state index in [-0.39, 0.29) is 0 Å². The first-order valence-electron chi connectivity index (χ1n) is 8.10. The van der Waals surface area contributed by atoms with Crippen molar-refractivity contribution in [3.05, 3.63) is 70.8 Å². The van der Waals surface area contributed by atoms with Crippen LogP contribution in [0, 0.1) is 0 Å². The van der Waals surface area contributed by atoms with E-state index in [4.69, 9.17) is 0 Å². The van der Waals surface area contributed by atoms with E-state index in [0.29, 0.717) is 0 Å². The molecule has 0 nitrogen and oxygen atoms in total. The summed E-state index contributed by atoms with van der Waals surface area (Å²) < 4.78 is 0. The van der Waals surface area contributed by atoms with Crippen molar-refractivity contribution in [2.24, 2.45) is 0 Å². The third-order valence-corrected chi connectivity index (χ3v) is 5.71. The number of rotatable bonds is 7. The van der Waals surface area contributed by atoms with E-state index in [1.807, 2.05) is 0 Å². The van der Waals surface area contributed by atoms with Gasteiger partial charge in [-0.25, -0.2) is 0 Å². The molecule has 0 aliphatic rings. The zero-order chi connectivity index (χ0) is 15.1. The van der Waals surface area contributed by atoms with Crippen LogP contribution >= 0.6 is 0 Å². The minimum absolute atomic E-state index is 0.751. The van der Waals surface area contributed by atoms with Gasteiger partial charge in [0.1, 0.15) is 0 Å². The molecule has 2 rings (SSSR count).